The van der Waals surface area contributed by atoms with Gasteiger partial charge in [-0.1, -0.05) is 25.1 Å². The Balaban J connectivity index is 2.78. The Morgan fingerprint density at radius 1 is 1.41 bits per heavy atom. The molecule has 0 N–H and O–H groups in total. The van der Waals surface area contributed by atoms with Crippen LogP contribution in [0.4, 0.5) is 5.69 Å². The van der Waals surface area contributed by atoms with Crippen molar-refractivity contribution in [3.63, 3.8) is 0 Å². The Kier molecular flexibility index (Phi) is 5.15. The van der Waals surface area contributed by atoms with Crippen molar-refractivity contribution < 1.29 is 9.72 Å². The quantitative estimate of drug-likeness (QED) is 0.443. The van der Waals surface area contributed by atoms with Gasteiger partial charge >= 0.3 is 0 Å². The molecule has 0 aliphatic rings. The summed E-state index contributed by atoms with van der Waals surface area (Å²) in [5.41, 5.74) is 0.854. The van der Waals surface area contributed by atoms with Gasteiger partial charge in [-0.3, -0.25) is 10.1 Å². The normalized spacial score (nSPS) is 14.0. The lowest BCUT2D eigenvalue weighted by Gasteiger charge is -2.12. The summed E-state index contributed by atoms with van der Waals surface area (Å²) in [6.07, 6.45) is 0.902. The SMILES string of the molecule is CC(C=O)CSC(C)c1ccccc1[N+](=O)[O-]. The second-order valence-corrected chi connectivity index (χ2v) is 5.28. The molecule has 0 bridgehead atoms. The zero-order valence-corrected chi connectivity index (χ0v) is 10.6. The van der Waals surface area contributed by atoms with Crippen molar-refractivity contribution in [1.29, 1.82) is 0 Å². The minimum absolute atomic E-state index is 0.0130. The molecule has 0 aliphatic carbocycles. The van der Waals surface area contributed by atoms with Crippen LogP contribution in [-0.2, 0) is 4.79 Å². The Labute approximate surface area is 105 Å². The number of carbonyl (C=O) groups is 1. The van der Waals surface area contributed by atoms with Gasteiger partial charge in [0, 0.05) is 28.6 Å². The van der Waals surface area contributed by atoms with E-state index in [1.165, 1.54) is 6.07 Å². The number of nitro groups is 1. The Morgan fingerprint density at radius 3 is 2.65 bits per heavy atom. The predicted octanol–water partition coefficient (Wildman–Crippen LogP) is 3.22. The number of hydrogen-bond donors (Lipinski definition) is 0. The van der Waals surface area contributed by atoms with Crippen LogP contribution in [0.3, 0.4) is 0 Å². The summed E-state index contributed by atoms with van der Waals surface area (Å²) >= 11 is 1.56. The lowest BCUT2D eigenvalue weighted by molar-refractivity contribution is -0.385. The molecule has 1 aromatic carbocycles. The van der Waals surface area contributed by atoms with Gasteiger partial charge in [0.25, 0.3) is 5.69 Å². The van der Waals surface area contributed by atoms with Gasteiger partial charge in [-0.15, -0.1) is 0 Å². The second kappa shape index (κ2) is 6.39. The molecule has 0 heterocycles. The smallest absolute Gasteiger partial charge is 0.273 e. The number of aldehydes is 1. The van der Waals surface area contributed by atoms with Crippen molar-refractivity contribution >= 4 is 23.7 Å². The van der Waals surface area contributed by atoms with E-state index >= 15 is 0 Å². The van der Waals surface area contributed by atoms with Crippen molar-refractivity contribution in [3.05, 3.63) is 39.9 Å². The first-order valence-electron chi connectivity index (χ1n) is 5.36. The first-order chi connectivity index (χ1) is 8.06. The van der Waals surface area contributed by atoms with E-state index in [9.17, 15) is 14.9 Å². The third-order valence-electron chi connectivity index (χ3n) is 2.41. The summed E-state index contributed by atoms with van der Waals surface area (Å²) in [7, 11) is 0. The van der Waals surface area contributed by atoms with Crippen molar-refractivity contribution in [2.75, 3.05) is 5.75 Å². The van der Waals surface area contributed by atoms with Crippen molar-refractivity contribution in [2.45, 2.75) is 19.1 Å². The maximum Gasteiger partial charge on any atom is 0.273 e. The topological polar surface area (TPSA) is 60.2 Å². The van der Waals surface area contributed by atoms with Gasteiger partial charge in [-0.05, 0) is 6.92 Å². The Bertz CT molecular complexity index is 408. The summed E-state index contributed by atoms with van der Waals surface area (Å²) in [6, 6.07) is 6.73. The minimum Gasteiger partial charge on any atom is -0.303 e. The summed E-state index contributed by atoms with van der Waals surface area (Å²) in [4.78, 5) is 21.0. The van der Waals surface area contributed by atoms with Crippen LogP contribution in [0.2, 0.25) is 0 Å². The van der Waals surface area contributed by atoms with Crippen LogP contribution in [0.5, 0.6) is 0 Å². The lowest BCUT2D eigenvalue weighted by atomic mass is 10.1. The van der Waals surface area contributed by atoms with Crippen molar-refractivity contribution in [2.24, 2.45) is 5.92 Å². The summed E-state index contributed by atoms with van der Waals surface area (Å²) in [5, 5.41) is 10.9. The van der Waals surface area contributed by atoms with Crippen LogP contribution in [0.15, 0.2) is 24.3 Å². The summed E-state index contributed by atoms with van der Waals surface area (Å²) < 4.78 is 0. The van der Waals surface area contributed by atoms with Crippen LogP contribution < -0.4 is 0 Å². The molecule has 4 nitrogen and oxygen atoms in total. The molecule has 0 saturated heterocycles. The molecule has 0 radical (unpaired) electrons. The highest BCUT2D eigenvalue weighted by molar-refractivity contribution is 7.99. The third-order valence-corrected chi connectivity index (χ3v) is 3.89. The maximum atomic E-state index is 10.9. The highest BCUT2D eigenvalue weighted by Crippen LogP contribution is 2.34. The highest BCUT2D eigenvalue weighted by atomic mass is 32.2. The van der Waals surface area contributed by atoms with Crippen molar-refractivity contribution in [3.8, 4) is 0 Å². The van der Waals surface area contributed by atoms with Gasteiger partial charge in [-0.25, -0.2) is 0 Å². The standard InChI is InChI=1S/C12H15NO3S/c1-9(7-14)8-17-10(2)11-5-3-4-6-12(11)13(15)16/h3-7,9-10H,8H2,1-2H3. The second-order valence-electron chi connectivity index (χ2n) is 3.90. The lowest BCUT2D eigenvalue weighted by Crippen LogP contribution is -2.02. The molecule has 1 rings (SSSR count). The van der Waals surface area contributed by atoms with Crippen LogP contribution in [0.25, 0.3) is 0 Å². The van der Waals surface area contributed by atoms with E-state index in [0.717, 1.165) is 6.29 Å². The monoisotopic (exact) mass is 253 g/mol. The molecule has 0 spiro atoms. The van der Waals surface area contributed by atoms with E-state index < -0.39 is 0 Å². The van der Waals surface area contributed by atoms with Gasteiger partial charge in [0.15, 0.2) is 0 Å². The number of para-hydroxylation sites is 1. The molecule has 1 aromatic rings. The van der Waals surface area contributed by atoms with E-state index in [-0.39, 0.29) is 21.8 Å². The minimum atomic E-state index is -0.366. The molecule has 2 atom stereocenters. The van der Waals surface area contributed by atoms with E-state index in [2.05, 4.69) is 0 Å². The van der Waals surface area contributed by atoms with Gasteiger partial charge in [0.2, 0.25) is 0 Å². The number of rotatable bonds is 6. The molecular weight excluding hydrogens is 238 g/mol. The van der Waals surface area contributed by atoms with Gasteiger partial charge in [-0.2, -0.15) is 11.8 Å². The van der Waals surface area contributed by atoms with E-state index in [1.807, 2.05) is 13.8 Å². The fourth-order valence-corrected chi connectivity index (χ4v) is 2.47. The Hall–Kier alpha value is -1.36. The van der Waals surface area contributed by atoms with E-state index in [4.69, 9.17) is 0 Å². The molecule has 0 saturated carbocycles. The Morgan fingerprint density at radius 2 is 2.06 bits per heavy atom. The highest BCUT2D eigenvalue weighted by Gasteiger charge is 2.18. The van der Waals surface area contributed by atoms with Gasteiger partial charge in [0.1, 0.15) is 6.29 Å². The summed E-state index contributed by atoms with van der Waals surface area (Å²) in [6.45, 7) is 3.76. The molecule has 92 valence electrons. The van der Waals surface area contributed by atoms with E-state index in [1.54, 1.807) is 30.0 Å². The largest absolute Gasteiger partial charge is 0.303 e. The maximum absolute atomic E-state index is 10.9. The molecular formula is C12H15NO3S. The van der Waals surface area contributed by atoms with Crippen molar-refractivity contribution in [1.82, 2.24) is 0 Å². The number of thioether (sulfide) groups is 1. The number of nitro benzene ring substituents is 1. The molecule has 17 heavy (non-hydrogen) atoms. The van der Waals surface area contributed by atoms with Gasteiger partial charge in [0.05, 0.1) is 4.92 Å². The zero-order chi connectivity index (χ0) is 12.8. The molecule has 0 aliphatic heterocycles. The number of benzene rings is 1. The fraction of sp³-hybridized carbons (Fsp3) is 0.417. The first kappa shape index (κ1) is 13.7. The van der Waals surface area contributed by atoms with Crippen LogP contribution >= 0.6 is 11.8 Å². The van der Waals surface area contributed by atoms with Crippen LogP contribution in [-0.4, -0.2) is 17.0 Å². The average molecular weight is 253 g/mol. The predicted molar refractivity (Wildman–Crippen MR) is 69.2 cm³/mol. The summed E-state index contributed by atoms with van der Waals surface area (Å²) in [5.74, 6) is 0.654. The van der Waals surface area contributed by atoms with Crippen LogP contribution in [0.1, 0.15) is 24.7 Å². The van der Waals surface area contributed by atoms with E-state index in [0.29, 0.717) is 11.3 Å². The molecule has 0 fully saturated rings. The molecule has 5 heteroatoms. The first-order valence-corrected chi connectivity index (χ1v) is 6.41. The fourth-order valence-electron chi connectivity index (χ4n) is 1.42. The number of nitrogens with zero attached hydrogens (tertiary/aromatic N) is 1. The van der Waals surface area contributed by atoms with Crippen LogP contribution in [0, 0.1) is 16.0 Å². The zero-order valence-electron chi connectivity index (χ0n) is 9.83. The molecule has 0 amide bonds. The third kappa shape index (κ3) is 3.85. The average Bonchev–Trinajstić information content (AvgIpc) is 2.35. The van der Waals surface area contributed by atoms with Gasteiger partial charge < -0.3 is 4.79 Å². The number of carbonyl (C=O) groups excluding carboxylic acids is 1. The molecule has 2 unspecified atom stereocenters. The molecule has 0 aromatic heterocycles. The number of hydrogen-bond acceptors (Lipinski definition) is 4.